The Bertz CT molecular complexity index is 1000. The minimum atomic E-state index is -0.00278. The van der Waals surface area contributed by atoms with Crippen LogP contribution in [-0.4, -0.2) is 29.0 Å². The van der Waals surface area contributed by atoms with Crippen molar-refractivity contribution in [1.82, 2.24) is 15.3 Å². The molecule has 160 valence electrons. The Morgan fingerprint density at radius 3 is 2.42 bits per heavy atom. The maximum atomic E-state index is 12.8. The Morgan fingerprint density at radius 2 is 1.71 bits per heavy atom. The molecule has 6 nitrogen and oxygen atoms in total. The molecule has 1 atom stereocenters. The number of carbonyl (C=O) groups excluding carboxylic acids is 1. The Kier molecular flexibility index (Phi) is 6.46. The quantitative estimate of drug-likeness (QED) is 0.632. The molecule has 1 aliphatic heterocycles. The van der Waals surface area contributed by atoms with E-state index in [2.05, 4.69) is 51.4 Å². The fourth-order valence-electron chi connectivity index (χ4n) is 3.83. The number of para-hydroxylation sites is 1. The summed E-state index contributed by atoms with van der Waals surface area (Å²) < 4.78 is 5.95. The first-order valence-corrected chi connectivity index (χ1v) is 10.8. The van der Waals surface area contributed by atoms with E-state index in [-0.39, 0.29) is 17.9 Å². The van der Waals surface area contributed by atoms with Gasteiger partial charge in [-0.25, -0.2) is 9.97 Å². The molecule has 1 amide bonds. The molecular weight excluding hydrogens is 388 g/mol. The van der Waals surface area contributed by atoms with E-state index in [0.29, 0.717) is 5.88 Å². The van der Waals surface area contributed by atoms with Crippen LogP contribution in [0.2, 0.25) is 0 Å². The van der Waals surface area contributed by atoms with Gasteiger partial charge in [0.15, 0.2) is 5.82 Å². The molecule has 2 heterocycles. The second-order valence-corrected chi connectivity index (χ2v) is 8.00. The van der Waals surface area contributed by atoms with Crippen molar-refractivity contribution in [2.75, 3.05) is 18.0 Å². The normalized spacial score (nSPS) is 15.4. The van der Waals surface area contributed by atoms with Crippen LogP contribution in [0.1, 0.15) is 36.9 Å². The van der Waals surface area contributed by atoms with E-state index in [1.807, 2.05) is 37.3 Å². The zero-order valence-electron chi connectivity index (χ0n) is 18.0. The molecule has 1 aliphatic rings. The van der Waals surface area contributed by atoms with Crippen LogP contribution in [0.15, 0.2) is 67.0 Å². The van der Waals surface area contributed by atoms with Gasteiger partial charge in [0.2, 0.25) is 5.91 Å². The lowest BCUT2D eigenvalue weighted by atomic mass is 9.95. The third-order valence-electron chi connectivity index (χ3n) is 5.71. The first-order valence-electron chi connectivity index (χ1n) is 10.8. The number of ether oxygens (including phenoxy) is 1. The molecule has 3 aromatic rings. The monoisotopic (exact) mass is 416 g/mol. The summed E-state index contributed by atoms with van der Waals surface area (Å²) in [6.07, 6.45) is 4.85. The number of aryl methyl sites for hydroxylation is 1. The molecule has 4 rings (SSSR count). The van der Waals surface area contributed by atoms with Crippen LogP contribution in [0.5, 0.6) is 11.6 Å². The van der Waals surface area contributed by atoms with Crippen LogP contribution in [0, 0.1) is 12.8 Å². The Hall–Kier alpha value is -3.41. The van der Waals surface area contributed by atoms with Crippen LogP contribution in [0.25, 0.3) is 0 Å². The van der Waals surface area contributed by atoms with E-state index >= 15 is 0 Å². The third kappa shape index (κ3) is 5.20. The number of anilines is 1. The molecule has 0 spiro atoms. The number of nitrogens with zero attached hydrogens (tertiary/aromatic N) is 3. The van der Waals surface area contributed by atoms with Crippen LogP contribution in [0.3, 0.4) is 0 Å². The summed E-state index contributed by atoms with van der Waals surface area (Å²) in [7, 11) is 0. The lowest BCUT2D eigenvalue weighted by Crippen LogP contribution is -2.41. The van der Waals surface area contributed by atoms with Gasteiger partial charge in [-0.05, 0) is 44.4 Å². The molecule has 0 radical (unpaired) electrons. The molecule has 0 bridgehead atoms. The minimum absolute atomic E-state index is 0.000638. The number of piperidine rings is 1. The van der Waals surface area contributed by atoms with E-state index in [9.17, 15) is 4.79 Å². The topological polar surface area (TPSA) is 67.4 Å². The van der Waals surface area contributed by atoms with Crippen molar-refractivity contribution in [2.45, 2.75) is 32.7 Å². The molecule has 1 N–H and O–H groups in total. The van der Waals surface area contributed by atoms with Crippen molar-refractivity contribution in [3.8, 4) is 11.6 Å². The van der Waals surface area contributed by atoms with Crippen LogP contribution < -0.4 is 15.0 Å². The number of aromatic nitrogens is 2. The van der Waals surface area contributed by atoms with Gasteiger partial charge in [-0.1, -0.05) is 48.0 Å². The zero-order chi connectivity index (χ0) is 21.6. The molecule has 0 unspecified atom stereocenters. The predicted octanol–water partition coefficient (Wildman–Crippen LogP) is 4.67. The summed E-state index contributed by atoms with van der Waals surface area (Å²) in [6, 6.07) is 17.9. The number of nitrogens with one attached hydrogen (secondary N) is 1. The second-order valence-electron chi connectivity index (χ2n) is 8.00. The zero-order valence-corrected chi connectivity index (χ0v) is 18.0. The summed E-state index contributed by atoms with van der Waals surface area (Å²) in [5, 5.41) is 3.17. The van der Waals surface area contributed by atoms with Gasteiger partial charge in [-0.3, -0.25) is 4.79 Å². The van der Waals surface area contributed by atoms with E-state index < -0.39 is 0 Å². The highest BCUT2D eigenvalue weighted by atomic mass is 16.5. The number of hydrogen-bond acceptors (Lipinski definition) is 5. The second kappa shape index (κ2) is 9.60. The lowest BCUT2D eigenvalue weighted by Gasteiger charge is -2.33. The van der Waals surface area contributed by atoms with Gasteiger partial charge in [-0.2, -0.15) is 0 Å². The highest BCUT2D eigenvalue weighted by Gasteiger charge is 2.28. The number of carbonyl (C=O) groups is 1. The first kappa shape index (κ1) is 20.8. The molecule has 1 saturated heterocycles. The van der Waals surface area contributed by atoms with Crippen molar-refractivity contribution >= 4 is 11.7 Å². The third-order valence-corrected chi connectivity index (χ3v) is 5.71. The van der Waals surface area contributed by atoms with Crippen LogP contribution in [-0.2, 0) is 4.79 Å². The first-order chi connectivity index (χ1) is 15.1. The van der Waals surface area contributed by atoms with E-state index in [1.165, 1.54) is 5.56 Å². The highest BCUT2D eigenvalue weighted by Crippen LogP contribution is 2.31. The summed E-state index contributed by atoms with van der Waals surface area (Å²) in [5.74, 6) is 2.05. The smallest absolute Gasteiger partial charge is 0.263 e. The highest BCUT2D eigenvalue weighted by molar-refractivity contribution is 5.79. The Morgan fingerprint density at radius 1 is 1.03 bits per heavy atom. The van der Waals surface area contributed by atoms with Crippen LogP contribution >= 0.6 is 0 Å². The van der Waals surface area contributed by atoms with Gasteiger partial charge in [0, 0.05) is 31.4 Å². The van der Waals surface area contributed by atoms with Gasteiger partial charge >= 0.3 is 0 Å². The average molecular weight is 417 g/mol. The molecule has 2 aromatic carbocycles. The fraction of sp³-hybridized carbons (Fsp3) is 0.320. The van der Waals surface area contributed by atoms with E-state index in [4.69, 9.17) is 4.74 Å². The van der Waals surface area contributed by atoms with Gasteiger partial charge in [-0.15, -0.1) is 0 Å². The fourth-order valence-corrected chi connectivity index (χ4v) is 3.83. The van der Waals surface area contributed by atoms with Crippen molar-refractivity contribution in [3.05, 3.63) is 78.1 Å². The predicted molar refractivity (Wildman–Crippen MR) is 121 cm³/mol. The molecule has 0 aliphatic carbocycles. The van der Waals surface area contributed by atoms with Crippen molar-refractivity contribution in [2.24, 2.45) is 5.92 Å². The van der Waals surface area contributed by atoms with Crippen LogP contribution in [0.4, 0.5) is 5.82 Å². The SMILES string of the molecule is Cc1ccc([C@H](C)NC(=O)C2CCN(c3nccnc3Oc3ccccc3)CC2)cc1. The average Bonchev–Trinajstić information content (AvgIpc) is 2.80. The summed E-state index contributed by atoms with van der Waals surface area (Å²) >= 11 is 0. The Balaban J connectivity index is 1.35. The minimum Gasteiger partial charge on any atom is -0.436 e. The molecule has 0 saturated carbocycles. The molecule has 1 aromatic heterocycles. The summed E-state index contributed by atoms with van der Waals surface area (Å²) in [6.45, 7) is 5.57. The summed E-state index contributed by atoms with van der Waals surface area (Å²) in [4.78, 5) is 23.8. The molecule has 31 heavy (non-hydrogen) atoms. The van der Waals surface area contributed by atoms with Crippen molar-refractivity contribution < 1.29 is 9.53 Å². The van der Waals surface area contributed by atoms with E-state index in [1.54, 1.807) is 12.4 Å². The number of amides is 1. The van der Waals surface area contributed by atoms with Crippen molar-refractivity contribution in [3.63, 3.8) is 0 Å². The van der Waals surface area contributed by atoms with Crippen molar-refractivity contribution in [1.29, 1.82) is 0 Å². The Labute approximate surface area is 183 Å². The van der Waals surface area contributed by atoms with Gasteiger partial charge < -0.3 is 15.0 Å². The molecular formula is C25H28N4O2. The van der Waals surface area contributed by atoms with E-state index in [0.717, 1.165) is 43.1 Å². The van der Waals surface area contributed by atoms with Gasteiger partial charge in [0.25, 0.3) is 5.88 Å². The number of hydrogen-bond donors (Lipinski definition) is 1. The number of benzene rings is 2. The largest absolute Gasteiger partial charge is 0.436 e. The maximum Gasteiger partial charge on any atom is 0.263 e. The summed E-state index contributed by atoms with van der Waals surface area (Å²) in [5.41, 5.74) is 2.34. The molecule has 6 heteroatoms. The standard InChI is InChI=1S/C25H28N4O2/c1-18-8-10-20(11-9-18)19(2)28-24(30)21-12-16-29(17-13-21)23-25(27-15-14-26-23)31-22-6-4-3-5-7-22/h3-11,14-15,19,21H,12-13,16-17H2,1-2H3,(H,28,30)/t19-/m0/s1. The lowest BCUT2D eigenvalue weighted by molar-refractivity contribution is -0.126. The van der Waals surface area contributed by atoms with Gasteiger partial charge in [0.05, 0.1) is 6.04 Å². The van der Waals surface area contributed by atoms with Gasteiger partial charge in [0.1, 0.15) is 5.75 Å². The molecule has 1 fully saturated rings. The maximum absolute atomic E-state index is 12.8. The number of rotatable bonds is 6.